The third kappa shape index (κ3) is 4.29. The van der Waals surface area contributed by atoms with Gasteiger partial charge in [0.15, 0.2) is 0 Å². The molecule has 2 aromatic carbocycles. The number of anilines is 1. The first kappa shape index (κ1) is 23.2. The zero-order valence-corrected chi connectivity index (χ0v) is 20.6. The lowest BCUT2D eigenvalue weighted by molar-refractivity contribution is -0.164. The molecule has 2 aliphatic carbocycles. The molecule has 0 heterocycles. The van der Waals surface area contributed by atoms with Crippen molar-refractivity contribution in [2.75, 3.05) is 18.5 Å². The molecule has 4 heteroatoms. The number of fused-ring (bicyclic) bond motifs is 3. The maximum absolute atomic E-state index is 13.4. The van der Waals surface area contributed by atoms with Crippen LogP contribution in [0.5, 0.6) is 0 Å². The molecule has 3 atom stereocenters. The molecule has 1 saturated carbocycles. The minimum Gasteiger partial charge on any atom is -0.463 e. The third-order valence-corrected chi connectivity index (χ3v) is 8.27. The molecule has 0 aromatic heterocycles. The van der Waals surface area contributed by atoms with Gasteiger partial charge in [-0.2, -0.15) is 0 Å². The van der Waals surface area contributed by atoms with Crippen molar-refractivity contribution < 1.29 is 9.53 Å². The summed E-state index contributed by atoms with van der Waals surface area (Å²) in [6.45, 7) is 10.0. The van der Waals surface area contributed by atoms with E-state index in [1.165, 1.54) is 16.7 Å². The van der Waals surface area contributed by atoms with E-state index in [1.54, 1.807) is 0 Å². The van der Waals surface area contributed by atoms with Crippen molar-refractivity contribution in [1.29, 1.82) is 0 Å². The standard InChI is InChI=1S/C28H36ClNO2/c1-19(2)20-6-12-24-21(18-20)7-13-25-27(24,3)14-5-15-28(25,4)26(31)32-17-16-30-23-10-8-22(29)9-11-23/h6,8-12,18-19,25,30H,5,7,13-17H2,1-4H3/t25-,27-,28-/m1/s1. The molecule has 0 unspecified atom stereocenters. The highest BCUT2D eigenvalue weighted by Gasteiger charge is 2.55. The van der Waals surface area contributed by atoms with Gasteiger partial charge in [0.25, 0.3) is 0 Å². The number of aryl methyl sites for hydroxylation is 1. The van der Waals surface area contributed by atoms with Crippen molar-refractivity contribution in [2.24, 2.45) is 11.3 Å². The van der Waals surface area contributed by atoms with Gasteiger partial charge in [-0.3, -0.25) is 4.79 Å². The summed E-state index contributed by atoms with van der Waals surface area (Å²) in [7, 11) is 0. The molecule has 172 valence electrons. The topological polar surface area (TPSA) is 38.3 Å². The Labute approximate surface area is 197 Å². The predicted molar refractivity (Wildman–Crippen MR) is 133 cm³/mol. The van der Waals surface area contributed by atoms with Gasteiger partial charge in [-0.15, -0.1) is 0 Å². The number of carbonyl (C=O) groups is 1. The summed E-state index contributed by atoms with van der Waals surface area (Å²) in [5, 5.41) is 4.01. The van der Waals surface area contributed by atoms with E-state index in [9.17, 15) is 4.79 Å². The van der Waals surface area contributed by atoms with Gasteiger partial charge in [-0.1, -0.05) is 57.0 Å². The lowest BCUT2D eigenvalue weighted by atomic mass is 9.49. The molecule has 32 heavy (non-hydrogen) atoms. The molecule has 0 bridgehead atoms. The van der Waals surface area contributed by atoms with Crippen molar-refractivity contribution in [2.45, 2.75) is 71.1 Å². The van der Waals surface area contributed by atoms with Gasteiger partial charge in [-0.25, -0.2) is 0 Å². The zero-order valence-electron chi connectivity index (χ0n) is 19.8. The molecule has 0 aliphatic heterocycles. The summed E-state index contributed by atoms with van der Waals surface area (Å²) >= 11 is 5.94. The minimum absolute atomic E-state index is 0.0337. The first-order chi connectivity index (χ1) is 15.2. The van der Waals surface area contributed by atoms with E-state index >= 15 is 0 Å². The molecule has 0 radical (unpaired) electrons. The van der Waals surface area contributed by atoms with Crippen LogP contribution in [0.25, 0.3) is 0 Å². The van der Waals surface area contributed by atoms with Gasteiger partial charge in [0.2, 0.25) is 0 Å². The molecule has 2 aliphatic rings. The van der Waals surface area contributed by atoms with E-state index in [1.807, 2.05) is 24.3 Å². The van der Waals surface area contributed by atoms with Gasteiger partial charge >= 0.3 is 5.97 Å². The largest absolute Gasteiger partial charge is 0.463 e. The van der Waals surface area contributed by atoms with Gasteiger partial charge in [-0.05, 0) is 90.8 Å². The smallest absolute Gasteiger partial charge is 0.312 e. The first-order valence-corrected chi connectivity index (χ1v) is 12.4. The van der Waals surface area contributed by atoms with Gasteiger partial charge in [0.1, 0.15) is 6.61 Å². The van der Waals surface area contributed by atoms with E-state index in [4.69, 9.17) is 16.3 Å². The van der Waals surface area contributed by atoms with Crippen LogP contribution in [-0.4, -0.2) is 19.1 Å². The number of esters is 1. The second-order valence-corrected chi connectivity index (χ2v) is 10.9. The molecule has 0 amide bonds. The maximum atomic E-state index is 13.4. The van der Waals surface area contributed by atoms with Crippen LogP contribution in [0.1, 0.15) is 76.0 Å². The Kier molecular flexibility index (Phi) is 6.58. The van der Waals surface area contributed by atoms with Crippen molar-refractivity contribution in [3.63, 3.8) is 0 Å². The lowest BCUT2D eigenvalue weighted by Gasteiger charge is -2.54. The molecule has 1 N–H and O–H groups in total. The summed E-state index contributed by atoms with van der Waals surface area (Å²) in [5.74, 6) is 0.824. The Bertz CT molecular complexity index is 970. The average molecular weight is 454 g/mol. The van der Waals surface area contributed by atoms with Crippen molar-refractivity contribution in [1.82, 2.24) is 0 Å². The number of halogens is 1. The minimum atomic E-state index is -0.429. The van der Waals surface area contributed by atoms with Crippen LogP contribution in [0.4, 0.5) is 5.69 Å². The SMILES string of the molecule is CC(C)c1ccc2c(c1)CC[C@H]1[C@](C)(C(=O)OCCNc3ccc(Cl)cc3)CCC[C@]21C. The van der Waals surface area contributed by atoms with E-state index in [0.29, 0.717) is 30.0 Å². The Morgan fingerprint density at radius 3 is 2.62 bits per heavy atom. The molecule has 1 fully saturated rings. The summed E-state index contributed by atoms with van der Waals surface area (Å²) in [5.41, 5.74) is 4.95. The first-order valence-electron chi connectivity index (χ1n) is 12.0. The predicted octanol–water partition coefficient (Wildman–Crippen LogP) is 7.13. The summed E-state index contributed by atoms with van der Waals surface area (Å²) in [6.07, 6.45) is 5.23. The second-order valence-electron chi connectivity index (χ2n) is 10.4. The van der Waals surface area contributed by atoms with Crippen molar-refractivity contribution in [3.8, 4) is 0 Å². The Morgan fingerprint density at radius 2 is 1.91 bits per heavy atom. The third-order valence-electron chi connectivity index (χ3n) is 8.02. The quantitative estimate of drug-likeness (QED) is 0.373. The summed E-state index contributed by atoms with van der Waals surface area (Å²) < 4.78 is 5.84. The normalized spacial score (nSPS) is 26.9. The maximum Gasteiger partial charge on any atom is 0.312 e. The van der Waals surface area contributed by atoms with Gasteiger partial charge < -0.3 is 10.1 Å². The molecular formula is C28H36ClNO2. The number of carbonyl (C=O) groups excluding carboxylic acids is 1. The van der Waals surface area contributed by atoms with Crippen LogP contribution >= 0.6 is 11.6 Å². The fraction of sp³-hybridized carbons (Fsp3) is 0.536. The monoisotopic (exact) mass is 453 g/mol. The number of nitrogens with one attached hydrogen (secondary N) is 1. The fourth-order valence-electron chi connectivity index (χ4n) is 6.19. The average Bonchev–Trinajstić information content (AvgIpc) is 2.77. The van der Waals surface area contributed by atoms with E-state index in [2.05, 4.69) is 51.2 Å². The highest BCUT2D eigenvalue weighted by atomic mass is 35.5. The van der Waals surface area contributed by atoms with Crippen molar-refractivity contribution >= 4 is 23.3 Å². The Morgan fingerprint density at radius 1 is 1.16 bits per heavy atom. The van der Waals surface area contributed by atoms with Crippen molar-refractivity contribution in [3.05, 3.63) is 64.2 Å². The molecule has 0 saturated heterocycles. The molecule has 0 spiro atoms. The van der Waals surface area contributed by atoms with Gasteiger partial charge in [0, 0.05) is 17.3 Å². The van der Waals surface area contributed by atoms with Crippen LogP contribution in [0.2, 0.25) is 5.02 Å². The lowest BCUT2D eigenvalue weighted by Crippen LogP contribution is -2.53. The number of ether oxygens (including phenoxy) is 1. The van der Waals surface area contributed by atoms with E-state index in [0.717, 1.165) is 37.8 Å². The number of hydrogen-bond donors (Lipinski definition) is 1. The van der Waals surface area contributed by atoms with Gasteiger partial charge in [0.05, 0.1) is 5.41 Å². The second kappa shape index (κ2) is 9.09. The molecule has 4 rings (SSSR count). The summed E-state index contributed by atoms with van der Waals surface area (Å²) in [6, 6.07) is 14.6. The number of rotatable bonds is 6. The Balaban J connectivity index is 1.45. The van der Waals surface area contributed by atoms with Crippen LogP contribution < -0.4 is 5.32 Å². The van der Waals surface area contributed by atoms with E-state index < -0.39 is 5.41 Å². The molecular weight excluding hydrogens is 418 g/mol. The van der Waals surface area contributed by atoms with Crippen LogP contribution in [0.15, 0.2) is 42.5 Å². The molecule has 2 aromatic rings. The number of hydrogen-bond acceptors (Lipinski definition) is 3. The van der Waals surface area contributed by atoms with Crippen LogP contribution in [-0.2, 0) is 21.4 Å². The van der Waals surface area contributed by atoms with E-state index in [-0.39, 0.29) is 11.4 Å². The zero-order chi connectivity index (χ0) is 22.9. The summed E-state index contributed by atoms with van der Waals surface area (Å²) in [4.78, 5) is 13.4. The highest BCUT2D eigenvalue weighted by molar-refractivity contribution is 6.30. The highest BCUT2D eigenvalue weighted by Crippen LogP contribution is 2.57. The van der Waals surface area contributed by atoms with Crippen LogP contribution in [0, 0.1) is 11.3 Å². The fourth-order valence-corrected chi connectivity index (χ4v) is 6.31. The van der Waals surface area contributed by atoms with Crippen LogP contribution in [0.3, 0.4) is 0 Å². The Hall–Kier alpha value is -2.00. The number of benzene rings is 2. The molecule has 3 nitrogen and oxygen atoms in total.